The van der Waals surface area contributed by atoms with E-state index in [0.717, 1.165) is 12.1 Å². The van der Waals surface area contributed by atoms with Crippen LogP contribution in [0.2, 0.25) is 0 Å². The second kappa shape index (κ2) is 8.37. The zero-order valence-electron chi connectivity index (χ0n) is 14.5. The molecule has 6 nitrogen and oxygen atoms in total. The van der Waals surface area contributed by atoms with E-state index in [4.69, 9.17) is 0 Å². The van der Waals surface area contributed by atoms with Gasteiger partial charge in [0.15, 0.2) is 11.6 Å². The molecule has 0 radical (unpaired) electrons. The number of halogens is 2. The Hall–Kier alpha value is -3.03. The van der Waals surface area contributed by atoms with Crippen LogP contribution in [0.25, 0.3) is 0 Å². The maximum atomic E-state index is 13.4. The number of carbonyl (C=O) groups is 1. The number of non-ortho nitro benzene ring substituents is 1. The lowest BCUT2D eigenvalue weighted by Gasteiger charge is -2.23. The number of carbonyl (C=O) groups excluding carboxylic acids is 1. The van der Waals surface area contributed by atoms with Crippen molar-refractivity contribution in [2.45, 2.75) is 20.3 Å². The zero-order chi connectivity index (χ0) is 19.3. The highest BCUT2D eigenvalue weighted by Gasteiger charge is 2.13. The summed E-state index contributed by atoms with van der Waals surface area (Å²) in [4.78, 5) is 24.1. The van der Waals surface area contributed by atoms with Gasteiger partial charge in [0.05, 0.1) is 4.92 Å². The summed E-state index contributed by atoms with van der Waals surface area (Å²) in [5.41, 5.74) is 1.53. The van der Waals surface area contributed by atoms with E-state index >= 15 is 0 Å². The number of hydrogen-bond donors (Lipinski definition) is 1. The van der Waals surface area contributed by atoms with Gasteiger partial charge in [-0.1, -0.05) is 0 Å². The summed E-state index contributed by atoms with van der Waals surface area (Å²) < 4.78 is 26.4. The average Bonchev–Trinajstić information content (AvgIpc) is 2.60. The standard InChI is InChI=1S/C18H19F2N3O3/c1-3-22(13-4-6-15(19)16(20)11-13)9-8-18(24)21-17-7-5-14(23(25)26)10-12(17)2/h4-7,10-11H,3,8-9H2,1-2H3,(H,21,24). The van der Waals surface area contributed by atoms with E-state index in [2.05, 4.69) is 5.32 Å². The number of anilines is 2. The van der Waals surface area contributed by atoms with E-state index in [0.29, 0.717) is 30.0 Å². The monoisotopic (exact) mass is 363 g/mol. The largest absolute Gasteiger partial charge is 0.371 e. The summed E-state index contributed by atoms with van der Waals surface area (Å²) in [5, 5.41) is 13.4. The summed E-state index contributed by atoms with van der Waals surface area (Å²) in [6, 6.07) is 7.79. The number of nitro benzene ring substituents is 1. The van der Waals surface area contributed by atoms with Crippen LogP contribution in [0, 0.1) is 28.7 Å². The van der Waals surface area contributed by atoms with Gasteiger partial charge in [-0.25, -0.2) is 8.78 Å². The highest BCUT2D eigenvalue weighted by molar-refractivity contribution is 5.92. The van der Waals surface area contributed by atoms with Crippen molar-refractivity contribution in [1.82, 2.24) is 0 Å². The van der Waals surface area contributed by atoms with E-state index in [9.17, 15) is 23.7 Å². The number of aryl methyl sites for hydroxylation is 1. The average molecular weight is 363 g/mol. The molecule has 26 heavy (non-hydrogen) atoms. The van der Waals surface area contributed by atoms with E-state index in [1.165, 1.54) is 24.3 Å². The van der Waals surface area contributed by atoms with Crippen molar-refractivity contribution >= 4 is 23.0 Å². The van der Waals surface area contributed by atoms with Crippen molar-refractivity contribution in [3.05, 3.63) is 63.7 Å². The third-order valence-corrected chi connectivity index (χ3v) is 3.95. The Morgan fingerprint density at radius 2 is 1.92 bits per heavy atom. The van der Waals surface area contributed by atoms with Crippen LogP contribution in [0.4, 0.5) is 25.8 Å². The van der Waals surface area contributed by atoms with Gasteiger partial charge < -0.3 is 10.2 Å². The molecule has 2 rings (SSSR count). The minimum Gasteiger partial charge on any atom is -0.371 e. The second-order valence-corrected chi connectivity index (χ2v) is 5.73. The van der Waals surface area contributed by atoms with E-state index in [1.807, 2.05) is 6.92 Å². The molecule has 0 aliphatic heterocycles. The maximum Gasteiger partial charge on any atom is 0.269 e. The fourth-order valence-corrected chi connectivity index (χ4v) is 2.50. The topological polar surface area (TPSA) is 75.5 Å². The van der Waals surface area contributed by atoms with E-state index in [-0.39, 0.29) is 18.0 Å². The van der Waals surface area contributed by atoms with Gasteiger partial charge in [-0.3, -0.25) is 14.9 Å². The van der Waals surface area contributed by atoms with Crippen LogP contribution in [0.3, 0.4) is 0 Å². The molecule has 0 aliphatic rings. The molecule has 0 aliphatic carbocycles. The molecule has 138 valence electrons. The van der Waals surface area contributed by atoms with Gasteiger partial charge in [0, 0.05) is 49.1 Å². The first kappa shape index (κ1) is 19.3. The number of nitrogens with one attached hydrogen (secondary N) is 1. The third kappa shape index (κ3) is 4.75. The Balaban J connectivity index is 1.98. The molecule has 0 bridgehead atoms. The summed E-state index contributed by atoms with van der Waals surface area (Å²) >= 11 is 0. The van der Waals surface area contributed by atoms with E-state index < -0.39 is 16.6 Å². The number of benzene rings is 2. The molecule has 2 aromatic carbocycles. The lowest BCUT2D eigenvalue weighted by atomic mass is 10.1. The van der Waals surface area contributed by atoms with Crippen LogP contribution in [0.15, 0.2) is 36.4 Å². The maximum absolute atomic E-state index is 13.4. The molecule has 0 fully saturated rings. The summed E-state index contributed by atoms with van der Waals surface area (Å²) in [7, 11) is 0. The molecule has 0 atom stereocenters. The summed E-state index contributed by atoms with van der Waals surface area (Å²) in [6.07, 6.45) is 0.128. The van der Waals surface area contributed by atoms with E-state index in [1.54, 1.807) is 11.8 Å². The molecule has 1 N–H and O–H groups in total. The van der Waals surface area contributed by atoms with Crippen LogP contribution < -0.4 is 10.2 Å². The van der Waals surface area contributed by atoms with Gasteiger partial charge in [-0.2, -0.15) is 0 Å². The van der Waals surface area contributed by atoms with Gasteiger partial charge in [-0.15, -0.1) is 0 Å². The number of rotatable bonds is 7. The third-order valence-electron chi connectivity index (χ3n) is 3.95. The molecule has 0 saturated heterocycles. The van der Waals surface area contributed by atoms with Crippen LogP contribution in [-0.2, 0) is 4.79 Å². The van der Waals surface area contributed by atoms with Crippen molar-refractivity contribution in [2.75, 3.05) is 23.3 Å². The van der Waals surface area contributed by atoms with Crippen LogP contribution in [0.1, 0.15) is 18.9 Å². The number of amides is 1. The molecule has 0 spiro atoms. The molecule has 0 aromatic heterocycles. The predicted molar refractivity (Wildman–Crippen MR) is 95.3 cm³/mol. The lowest BCUT2D eigenvalue weighted by Crippen LogP contribution is -2.27. The number of nitro groups is 1. The first-order valence-electron chi connectivity index (χ1n) is 8.06. The molecular formula is C18H19F2N3O3. The molecule has 0 saturated carbocycles. The van der Waals surface area contributed by atoms with Gasteiger partial charge >= 0.3 is 0 Å². The van der Waals surface area contributed by atoms with Gasteiger partial charge in [-0.05, 0) is 37.6 Å². The normalized spacial score (nSPS) is 10.5. The zero-order valence-corrected chi connectivity index (χ0v) is 14.5. The second-order valence-electron chi connectivity index (χ2n) is 5.73. The summed E-state index contributed by atoms with van der Waals surface area (Å²) in [6.45, 7) is 4.36. The Morgan fingerprint density at radius 1 is 1.19 bits per heavy atom. The summed E-state index contributed by atoms with van der Waals surface area (Å²) in [5.74, 6) is -2.13. The molecule has 1 amide bonds. The smallest absolute Gasteiger partial charge is 0.269 e. The number of hydrogen-bond acceptors (Lipinski definition) is 4. The van der Waals surface area contributed by atoms with Gasteiger partial charge in [0.25, 0.3) is 5.69 Å². The van der Waals surface area contributed by atoms with Gasteiger partial charge in [0.2, 0.25) is 5.91 Å². The first-order valence-corrected chi connectivity index (χ1v) is 8.06. The number of nitrogens with zero attached hydrogens (tertiary/aromatic N) is 2. The Bertz CT molecular complexity index is 827. The van der Waals surface area contributed by atoms with Crippen molar-refractivity contribution in [1.29, 1.82) is 0 Å². The minimum atomic E-state index is -0.938. The lowest BCUT2D eigenvalue weighted by molar-refractivity contribution is -0.384. The van der Waals surface area contributed by atoms with Crippen LogP contribution >= 0.6 is 0 Å². The Labute approximate surface area is 149 Å². The fraction of sp³-hybridized carbons (Fsp3) is 0.278. The van der Waals surface area contributed by atoms with Crippen molar-refractivity contribution in [3.63, 3.8) is 0 Å². The molecular weight excluding hydrogens is 344 g/mol. The highest BCUT2D eigenvalue weighted by Crippen LogP contribution is 2.22. The highest BCUT2D eigenvalue weighted by atomic mass is 19.2. The predicted octanol–water partition coefficient (Wildman–Crippen LogP) is 4.04. The van der Waals surface area contributed by atoms with Crippen LogP contribution in [-0.4, -0.2) is 23.9 Å². The first-order chi connectivity index (χ1) is 12.3. The molecule has 0 unspecified atom stereocenters. The minimum absolute atomic E-state index is 0.0454. The van der Waals surface area contributed by atoms with Crippen LogP contribution in [0.5, 0.6) is 0 Å². The quantitative estimate of drug-likeness (QED) is 0.595. The Kier molecular flexibility index (Phi) is 6.21. The molecule has 2 aromatic rings. The Morgan fingerprint density at radius 3 is 2.50 bits per heavy atom. The van der Waals surface area contributed by atoms with Crippen molar-refractivity contribution in [2.24, 2.45) is 0 Å². The fourth-order valence-electron chi connectivity index (χ4n) is 2.50. The molecule has 8 heteroatoms. The SMILES string of the molecule is CCN(CCC(=O)Nc1ccc([N+](=O)[O-])cc1C)c1ccc(F)c(F)c1. The van der Waals surface area contributed by atoms with Crippen molar-refractivity contribution in [3.8, 4) is 0 Å². The van der Waals surface area contributed by atoms with Crippen molar-refractivity contribution < 1.29 is 18.5 Å². The van der Waals surface area contributed by atoms with Gasteiger partial charge in [0.1, 0.15) is 0 Å². The molecule has 0 heterocycles.